The number of rotatable bonds is 7. The molecule has 0 saturated carbocycles. The predicted octanol–water partition coefficient (Wildman–Crippen LogP) is 5.92. The number of fused-ring (bicyclic) bond motifs is 1. The van der Waals surface area contributed by atoms with Crippen molar-refractivity contribution in [3.05, 3.63) is 78.4 Å². The molecule has 1 aromatic heterocycles. The highest BCUT2D eigenvalue weighted by Crippen LogP contribution is 2.33. The van der Waals surface area contributed by atoms with Crippen LogP contribution in [0.4, 0.5) is 5.13 Å². The Kier molecular flexibility index (Phi) is 6.24. The van der Waals surface area contributed by atoms with E-state index in [2.05, 4.69) is 0 Å². The number of aromatic nitrogens is 1. The number of carbonyl (C=O) groups excluding carboxylic acids is 1. The lowest BCUT2D eigenvalue weighted by Crippen LogP contribution is -2.37. The van der Waals surface area contributed by atoms with Crippen molar-refractivity contribution in [2.24, 2.45) is 0 Å². The smallest absolute Gasteiger partial charge is 0.260 e. The third kappa shape index (κ3) is 4.84. The lowest BCUT2D eigenvalue weighted by Gasteiger charge is -2.23. The number of benzene rings is 3. The van der Waals surface area contributed by atoms with Crippen molar-refractivity contribution in [2.45, 2.75) is 18.9 Å². The molecule has 1 saturated heterocycles. The normalized spacial score (nSPS) is 15.5. The summed E-state index contributed by atoms with van der Waals surface area (Å²) in [5, 5.41) is 0.656. The van der Waals surface area contributed by atoms with Gasteiger partial charge in [-0.2, -0.15) is 0 Å². The van der Waals surface area contributed by atoms with Gasteiger partial charge >= 0.3 is 0 Å². The second kappa shape index (κ2) is 9.60. The molecule has 168 valence electrons. The molecule has 1 amide bonds. The molecule has 1 aliphatic rings. The minimum atomic E-state index is -0.109. The lowest BCUT2D eigenvalue weighted by molar-refractivity contribution is 0.0917. The Morgan fingerprint density at radius 2 is 1.82 bits per heavy atom. The molecule has 0 aliphatic carbocycles. The molecular weight excluding hydrogens is 436 g/mol. The number of methoxy groups -OCH3 is 1. The molecule has 6 nitrogen and oxygen atoms in total. The summed E-state index contributed by atoms with van der Waals surface area (Å²) in [6.07, 6.45) is 1.96. The Balaban J connectivity index is 1.41. The zero-order chi connectivity index (χ0) is 22.6. The third-order valence-corrected chi connectivity index (χ3v) is 6.61. The average Bonchev–Trinajstić information content (AvgIpc) is 3.52. The van der Waals surface area contributed by atoms with E-state index in [4.69, 9.17) is 19.2 Å². The highest BCUT2D eigenvalue weighted by molar-refractivity contribution is 7.22. The maximum Gasteiger partial charge on any atom is 0.260 e. The third-order valence-electron chi connectivity index (χ3n) is 5.55. The molecular formula is C26H24N2O4S. The topological polar surface area (TPSA) is 60.9 Å². The van der Waals surface area contributed by atoms with Crippen molar-refractivity contribution >= 4 is 32.6 Å². The van der Waals surface area contributed by atoms with Gasteiger partial charge in [0.05, 0.1) is 30.0 Å². The van der Waals surface area contributed by atoms with Gasteiger partial charge in [-0.25, -0.2) is 4.98 Å². The van der Waals surface area contributed by atoms with Crippen LogP contribution in [0.15, 0.2) is 72.8 Å². The molecule has 0 N–H and O–H groups in total. The van der Waals surface area contributed by atoms with E-state index in [-0.39, 0.29) is 12.0 Å². The SMILES string of the molecule is COc1ccc2sc(N(CC3CCCO3)C(=O)c3ccc(Oc4ccccc4)cc3)nc2c1. The first-order valence-electron chi connectivity index (χ1n) is 10.9. The predicted molar refractivity (Wildman–Crippen MR) is 130 cm³/mol. The summed E-state index contributed by atoms with van der Waals surface area (Å²) in [5.41, 5.74) is 1.39. The van der Waals surface area contributed by atoms with E-state index >= 15 is 0 Å². The largest absolute Gasteiger partial charge is 0.497 e. The Bertz CT molecular complexity index is 1230. The van der Waals surface area contributed by atoms with Gasteiger partial charge in [0.2, 0.25) is 0 Å². The van der Waals surface area contributed by atoms with Crippen molar-refractivity contribution in [1.82, 2.24) is 4.98 Å². The standard InChI is InChI=1S/C26H24N2O4S/c1-30-21-13-14-24-23(16-21)27-26(33-24)28(17-22-8-5-15-31-22)25(29)18-9-11-20(12-10-18)32-19-6-3-2-4-7-19/h2-4,6-7,9-14,16,22H,5,8,15,17H2,1H3. The van der Waals surface area contributed by atoms with Gasteiger partial charge in [0, 0.05) is 18.2 Å². The minimum absolute atomic E-state index is 0.0104. The van der Waals surface area contributed by atoms with E-state index in [1.54, 1.807) is 24.1 Å². The van der Waals surface area contributed by atoms with Crippen LogP contribution in [-0.2, 0) is 4.74 Å². The van der Waals surface area contributed by atoms with Crippen LogP contribution in [0.25, 0.3) is 10.2 Å². The van der Waals surface area contributed by atoms with Crippen LogP contribution < -0.4 is 14.4 Å². The maximum atomic E-state index is 13.6. The number of ether oxygens (including phenoxy) is 3. The van der Waals surface area contributed by atoms with Gasteiger partial charge in [0.15, 0.2) is 5.13 Å². The van der Waals surface area contributed by atoms with Crippen molar-refractivity contribution in [2.75, 3.05) is 25.2 Å². The molecule has 7 heteroatoms. The minimum Gasteiger partial charge on any atom is -0.497 e. The first kappa shape index (κ1) is 21.4. The van der Waals surface area contributed by atoms with Crippen LogP contribution in [0.3, 0.4) is 0 Å². The van der Waals surface area contributed by atoms with E-state index in [1.807, 2.05) is 60.7 Å². The summed E-state index contributed by atoms with van der Waals surface area (Å²) >= 11 is 1.49. The Morgan fingerprint density at radius 3 is 2.55 bits per heavy atom. The Morgan fingerprint density at radius 1 is 1.06 bits per heavy atom. The number of anilines is 1. The number of nitrogens with zero attached hydrogens (tertiary/aromatic N) is 2. The van der Waals surface area contributed by atoms with Crippen LogP contribution in [0.2, 0.25) is 0 Å². The van der Waals surface area contributed by atoms with Gasteiger partial charge in [-0.1, -0.05) is 29.5 Å². The molecule has 2 heterocycles. The first-order valence-corrected chi connectivity index (χ1v) is 11.7. The van der Waals surface area contributed by atoms with Gasteiger partial charge < -0.3 is 14.2 Å². The van der Waals surface area contributed by atoms with Crippen molar-refractivity contribution in [1.29, 1.82) is 0 Å². The molecule has 0 radical (unpaired) electrons. The second-order valence-corrected chi connectivity index (χ2v) is 8.83. The van der Waals surface area contributed by atoms with Crippen molar-refractivity contribution in [3.63, 3.8) is 0 Å². The molecule has 0 bridgehead atoms. The summed E-state index contributed by atoms with van der Waals surface area (Å²) in [7, 11) is 1.63. The maximum absolute atomic E-state index is 13.6. The molecule has 1 unspecified atom stereocenters. The van der Waals surface area contributed by atoms with E-state index in [9.17, 15) is 4.79 Å². The van der Waals surface area contributed by atoms with E-state index in [0.29, 0.717) is 23.0 Å². The Hall–Kier alpha value is -3.42. The number of hydrogen-bond acceptors (Lipinski definition) is 6. The molecule has 4 aromatic rings. The highest BCUT2D eigenvalue weighted by atomic mass is 32.1. The van der Waals surface area contributed by atoms with Crippen LogP contribution in [0.5, 0.6) is 17.2 Å². The molecule has 33 heavy (non-hydrogen) atoms. The summed E-state index contributed by atoms with van der Waals surface area (Å²) in [4.78, 5) is 20.1. The summed E-state index contributed by atoms with van der Waals surface area (Å²) in [5.74, 6) is 2.06. The molecule has 1 fully saturated rings. The summed E-state index contributed by atoms with van der Waals surface area (Å²) in [6.45, 7) is 1.20. The fourth-order valence-electron chi connectivity index (χ4n) is 3.82. The number of para-hydroxylation sites is 1. The highest BCUT2D eigenvalue weighted by Gasteiger charge is 2.27. The van der Waals surface area contributed by atoms with Gasteiger partial charge in [-0.05, 0) is 61.4 Å². The van der Waals surface area contributed by atoms with Gasteiger partial charge in [0.1, 0.15) is 17.2 Å². The van der Waals surface area contributed by atoms with E-state index < -0.39 is 0 Å². The molecule has 1 atom stereocenters. The van der Waals surface area contributed by atoms with Crippen LogP contribution in [-0.4, -0.2) is 37.3 Å². The second-order valence-electron chi connectivity index (χ2n) is 7.82. The zero-order valence-corrected chi connectivity index (χ0v) is 19.1. The quantitative estimate of drug-likeness (QED) is 0.342. The first-order chi connectivity index (χ1) is 16.2. The fourth-order valence-corrected chi connectivity index (χ4v) is 4.78. The van der Waals surface area contributed by atoms with Crippen LogP contribution in [0, 0.1) is 0 Å². The number of carbonyl (C=O) groups is 1. The van der Waals surface area contributed by atoms with E-state index in [1.165, 1.54) is 11.3 Å². The molecule has 5 rings (SSSR count). The number of hydrogen-bond donors (Lipinski definition) is 0. The molecule has 3 aromatic carbocycles. The van der Waals surface area contributed by atoms with Gasteiger partial charge in [-0.3, -0.25) is 9.69 Å². The monoisotopic (exact) mass is 460 g/mol. The number of thiazole rings is 1. The summed E-state index contributed by atoms with van der Waals surface area (Å²) in [6, 6.07) is 22.5. The zero-order valence-electron chi connectivity index (χ0n) is 18.3. The molecule has 0 spiro atoms. The van der Waals surface area contributed by atoms with E-state index in [0.717, 1.165) is 41.2 Å². The fraction of sp³-hybridized carbons (Fsp3) is 0.231. The molecule has 1 aliphatic heterocycles. The van der Waals surface area contributed by atoms with Crippen LogP contribution in [0.1, 0.15) is 23.2 Å². The van der Waals surface area contributed by atoms with Crippen molar-refractivity contribution in [3.8, 4) is 17.2 Å². The average molecular weight is 461 g/mol. The Labute approximate surface area is 196 Å². The van der Waals surface area contributed by atoms with Crippen LogP contribution >= 0.6 is 11.3 Å². The van der Waals surface area contributed by atoms with Crippen molar-refractivity contribution < 1.29 is 19.0 Å². The van der Waals surface area contributed by atoms with Gasteiger partial charge in [0.25, 0.3) is 5.91 Å². The number of amides is 1. The summed E-state index contributed by atoms with van der Waals surface area (Å²) < 4.78 is 18.0. The lowest BCUT2D eigenvalue weighted by atomic mass is 10.1. The van der Waals surface area contributed by atoms with Gasteiger partial charge in [-0.15, -0.1) is 0 Å².